The van der Waals surface area contributed by atoms with Crippen molar-refractivity contribution in [2.24, 2.45) is 23.7 Å². The van der Waals surface area contributed by atoms with E-state index in [-0.39, 0.29) is 37.2 Å². The van der Waals surface area contributed by atoms with Crippen LogP contribution in [0.2, 0.25) is 0 Å². The fourth-order valence-corrected chi connectivity index (χ4v) is 3.04. The standard InChI is InChI=1S/C15H24N2O4/c1-16(2)8-20-14(18)12-10-5-6-11(7-10)13(12)15(19)21-9-17(3)4/h5-6,10-13H,7-9H2,1-4H3. The van der Waals surface area contributed by atoms with Crippen LogP contribution in [0.15, 0.2) is 12.2 Å². The van der Waals surface area contributed by atoms with Crippen LogP contribution in [0, 0.1) is 23.7 Å². The van der Waals surface area contributed by atoms with E-state index in [1.54, 1.807) is 9.80 Å². The molecule has 2 aliphatic rings. The zero-order chi connectivity index (χ0) is 15.6. The van der Waals surface area contributed by atoms with E-state index in [2.05, 4.69) is 0 Å². The molecule has 4 atom stereocenters. The summed E-state index contributed by atoms with van der Waals surface area (Å²) in [6.07, 6.45) is 4.90. The molecular formula is C15H24N2O4. The third-order valence-corrected chi connectivity index (χ3v) is 3.93. The van der Waals surface area contributed by atoms with E-state index < -0.39 is 11.8 Å². The Morgan fingerprint density at radius 1 is 0.905 bits per heavy atom. The van der Waals surface area contributed by atoms with E-state index >= 15 is 0 Å². The molecule has 2 rings (SSSR count). The number of ether oxygens (including phenoxy) is 2. The van der Waals surface area contributed by atoms with Gasteiger partial charge in [0.05, 0.1) is 11.8 Å². The minimum atomic E-state index is -0.408. The number of allylic oxidation sites excluding steroid dienone is 2. The molecule has 2 bridgehead atoms. The van der Waals surface area contributed by atoms with Crippen molar-refractivity contribution in [1.29, 1.82) is 0 Å². The molecule has 0 N–H and O–H groups in total. The normalized spacial score (nSPS) is 30.2. The van der Waals surface area contributed by atoms with Crippen molar-refractivity contribution in [1.82, 2.24) is 9.80 Å². The van der Waals surface area contributed by atoms with Gasteiger partial charge in [-0.1, -0.05) is 12.2 Å². The summed E-state index contributed by atoms with van der Waals surface area (Å²) in [5.74, 6) is -1.22. The Morgan fingerprint density at radius 2 is 1.29 bits per heavy atom. The van der Waals surface area contributed by atoms with E-state index in [9.17, 15) is 9.59 Å². The quantitative estimate of drug-likeness (QED) is 0.405. The number of fused-ring (bicyclic) bond motifs is 2. The third kappa shape index (κ3) is 3.63. The Balaban J connectivity index is 2.02. The number of nitrogens with zero attached hydrogens (tertiary/aromatic N) is 2. The SMILES string of the molecule is CN(C)COC(=O)C1C2C=CC(C2)C1C(=O)OCN(C)C. The molecule has 0 heterocycles. The highest BCUT2D eigenvalue weighted by atomic mass is 16.6. The maximum Gasteiger partial charge on any atom is 0.311 e. The summed E-state index contributed by atoms with van der Waals surface area (Å²) in [6.45, 7) is 0.464. The van der Waals surface area contributed by atoms with Gasteiger partial charge < -0.3 is 9.47 Å². The summed E-state index contributed by atoms with van der Waals surface area (Å²) in [7, 11) is 7.32. The molecule has 0 aromatic carbocycles. The molecule has 0 spiro atoms. The molecule has 1 fully saturated rings. The lowest BCUT2D eigenvalue weighted by atomic mass is 9.83. The van der Waals surface area contributed by atoms with Gasteiger partial charge in [-0.05, 0) is 46.4 Å². The highest BCUT2D eigenvalue weighted by Crippen LogP contribution is 2.49. The second-order valence-electron chi connectivity index (χ2n) is 6.34. The largest absolute Gasteiger partial charge is 0.449 e. The van der Waals surface area contributed by atoms with Crippen LogP contribution in [0.3, 0.4) is 0 Å². The predicted molar refractivity (Wildman–Crippen MR) is 77.0 cm³/mol. The number of carbonyl (C=O) groups is 2. The number of carbonyl (C=O) groups excluding carboxylic acids is 2. The minimum Gasteiger partial charge on any atom is -0.449 e. The lowest BCUT2D eigenvalue weighted by Gasteiger charge is -2.26. The number of hydrogen-bond donors (Lipinski definition) is 0. The van der Waals surface area contributed by atoms with Gasteiger partial charge >= 0.3 is 11.9 Å². The van der Waals surface area contributed by atoms with E-state index in [4.69, 9.17) is 9.47 Å². The second-order valence-corrected chi connectivity index (χ2v) is 6.34. The molecule has 118 valence electrons. The first-order chi connectivity index (χ1) is 9.90. The maximum absolute atomic E-state index is 12.3. The van der Waals surface area contributed by atoms with Crippen molar-refractivity contribution in [2.75, 3.05) is 41.7 Å². The van der Waals surface area contributed by atoms with Crippen molar-refractivity contribution < 1.29 is 19.1 Å². The lowest BCUT2D eigenvalue weighted by Crippen LogP contribution is -2.37. The monoisotopic (exact) mass is 296 g/mol. The van der Waals surface area contributed by atoms with Gasteiger partial charge in [-0.2, -0.15) is 0 Å². The molecular weight excluding hydrogens is 272 g/mol. The van der Waals surface area contributed by atoms with Gasteiger partial charge in [0, 0.05) is 0 Å². The molecule has 0 amide bonds. The molecule has 2 aliphatic carbocycles. The van der Waals surface area contributed by atoms with Gasteiger partial charge in [0.2, 0.25) is 0 Å². The second kappa shape index (κ2) is 6.58. The van der Waals surface area contributed by atoms with Gasteiger partial charge in [-0.25, -0.2) is 0 Å². The van der Waals surface area contributed by atoms with E-state index in [1.165, 1.54) is 0 Å². The minimum absolute atomic E-state index is 0.0987. The van der Waals surface area contributed by atoms with Crippen molar-refractivity contribution in [3.63, 3.8) is 0 Å². The van der Waals surface area contributed by atoms with Crippen molar-refractivity contribution in [2.45, 2.75) is 6.42 Å². The Morgan fingerprint density at radius 3 is 1.62 bits per heavy atom. The Bertz CT molecular complexity index is 395. The summed E-state index contributed by atoms with van der Waals surface area (Å²) < 4.78 is 10.6. The number of rotatable bonds is 6. The molecule has 0 aromatic rings. The first-order valence-electron chi connectivity index (χ1n) is 7.21. The molecule has 0 aliphatic heterocycles. The number of hydrogen-bond acceptors (Lipinski definition) is 6. The average molecular weight is 296 g/mol. The molecule has 1 saturated carbocycles. The van der Waals surface area contributed by atoms with Crippen LogP contribution in [0.4, 0.5) is 0 Å². The van der Waals surface area contributed by atoms with Crippen molar-refractivity contribution in [3.8, 4) is 0 Å². The third-order valence-electron chi connectivity index (χ3n) is 3.93. The molecule has 4 unspecified atom stereocenters. The Hall–Kier alpha value is -1.40. The average Bonchev–Trinajstić information content (AvgIpc) is 3.02. The molecule has 6 heteroatoms. The highest BCUT2D eigenvalue weighted by Gasteiger charge is 2.53. The fourth-order valence-electron chi connectivity index (χ4n) is 3.04. The Kier molecular flexibility index (Phi) is 5.00. The van der Waals surface area contributed by atoms with Gasteiger partial charge in [0.25, 0.3) is 0 Å². The van der Waals surface area contributed by atoms with Crippen LogP contribution in [-0.4, -0.2) is 63.4 Å². The zero-order valence-corrected chi connectivity index (χ0v) is 13.1. The lowest BCUT2D eigenvalue weighted by molar-refractivity contribution is -0.165. The first kappa shape index (κ1) is 16.0. The summed E-state index contributed by atoms with van der Waals surface area (Å²) in [5.41, 5.74) is 0. The van der Waals surface area contributed by atoms with Crippen molar-refractivity contribution >= 4 is 11.9 Å². The topological polar surface area (TPSA) is 59.1 Å². The molecule has 0 saturated heterocycles. The first-order valence-corrected chi connectivity index (χ1v) is 7.21. The van der Waals surface area contributed by atoms with E-state index in [0.29, 0.717) is 0 Å². The van der Waals surface area contributed by atoms with Gasteiger partial charge in [0.15, 0.2) is 0 Å². The smallest absolute Gasteiger partial charge is 0.311 e. The van der Waals surface area contributed by atoms with Crippen LogP contribution in [0.1, 0.15) is 6.42 Å². The van der Waals surface area contributed by atoms with Crippen LogP contribution in [0.25, 0.3) is 0 Å². The van der Waals surface area contributed by atoms with Gasteiger partial charge in [-0.15, -0.1) is 0 Å². The fraction of sp³-hybridized carbons (Fsp3) is 0.733. The van der Waals surface area contributed by atoms with Crippen LogP contribution < -0.4 is 0 Å². The summed E-state index contributed by atoms with van der Waals surface area (Å²) in [5, 5.41) is 0. The molecule has 0 aromatic heterocycles. The van der Waals surface area contributed by atoms with E-state index in [0.717, 1.165) is 6.42 Å². The van der Waals surface area contributed by atoms with Crippen molar-refractivity contribution in [3.05, 3.63) is 12.2 Å². The summed E-state index contributed by atoms with van der Waals surface area (Å²) in [6, 6.07) is 0. The van der Waals surface area contributed by atoms with Gasteiger partial charge in [0.1, 0.15) is 13.5 Å². The number of esters is 2. The predicted octanol–water partition coefficient (Wildman–Crippen LogP) is 0.549. The maximum atomic E-state index is 12.3. The van der Waals surface area contributed by atoms with Crippen LogP contribution in [-0.2, 0) is 19.1 Å². The highest BCUT2D eigenvalue weighted by molar-refractivity contribution is 5.84. The molecule has 21 heavy (non-hydrogen) atoms. The van der Waals surface area contributed by atoms with E-state index in [1.807, 2.05) is 40.3 Å². The van der Waals surface area contributed by atoms with Crippen LogP contribution in [0.5, 0.6) is 0 Å². The molecule has 6 nitrogen and oxygen atoms in total. The summed E-state index contributed by atoms with van der Waals surface area (Å²) in [4.78, 5) is 28.1. The van der Waals surface area contributed by atoms with Gasteiger partial charge in [-0.3, -0.25) is 19.4 Å². The Labute approximate surface area is 125 Å². The van der Waals surface area contributed by atoms with Crippen LogP contribution >= 0.6 is 0 Å². The molecule has 0 radical (unpaired) electrons. The zero-order valence-electron chi connectivity index (χ0n) is 13.1. The summed E-state index contributed by atoms with van der Waals surface area (Å²) >= 11 is 0.